The number of aromatic nitrogens is 2. The summed E-state index contributed by atoms with van der Waals surface area (Å²) >= 11 is 0. The molecule has 1 saturated heterocycles. The van der Waals surface area contributed by atoms with Crippen molar-refractivity contribution in [3.63, 3.8) is 0 Å². The van der Waals surface area contributed by atoms with Gasteiger partial charge in [-0.3, -0.25) is 14.2 Å². The molecule has 2 N–H and O–H groups in total. The number of fused-ring (bicyclic) bond motifs is 1. The summed E-state index contributed by atoms with van der Waals surface area (Å²) in [4.78, 5) is 53.7. The Bertz CT molecular complexity index is 1130. The molecule has 0 saturated carbocycles. The summed E-state index contributed by atoms with van der Waals surface area (Å²) in [6.07, 6.45) is 1.84. The fraction of sp³-hybridized carbons (Fsp3) is 0.429. The van der Waals surface area contributed by atoms with Gasteiger partial charge in [0.1, 0.15) is 5.56 Å². The lowest BCUT2D eigenvalue weighted by molar-refractivity contribution is 0.0858. The van der Waals surface area contributed by atoms with Crippen molar-refractivity contribution in [2.75, 3.05) is 26.5 Å². The molecule has 1 fully saturated rings. The van der Waals surface area contributed by atoms with Gasteiger partial charge in [0.05, 0.1) is 13.2 Å². The molecule has 0 spiro atoms. The predicted molar refractivity (Wildman–Crippen MR) is 112 cm³/mol. The summed E-state index contributed by atoms with van der Waals surface area (Å²) in [7, 11) is 0. The molecule has 4 rings (SSSR count). The van der Waals surface area contributed by atoms with Crippen LogP contribution in [0.4, 0.5) is 4.79 Å². The highest BCUT2D eigenvalue weighted by atomic mass is 16.7. The van der Waals surface area contributed by atoms with E-state index in [0.717, 1.165) is 10.8 Å². The van der Waals surface area contributed by atoms with E-state index >= 15 is 0 Å². The second-order valence-corrected chi connectivity index (χ2v) is 7.52. The molecule has 2 aliphatic rings. The third kappa shape index (κ3) is 4.46. The normalized spacial score (nSPS) is 15.5. The minimum absolute atomic E-state index is 0.0240. The van der Waals surface area contributed by atoms with Crippen LogP contribution in [0.2, 0.25) is 0 Å². The Labute approximate surface area is 182 Å². The van der Waals surface area contributed by atoms with Crippen LogP contribution in [0.1, 0.15) is 35.7 Å². The van der Waals surface area contributed by atoms with E-state index < -0.39 is 17.2 Å². The highest BCUT2D eigenvalue weighted by Crippen LogP contribution is 2.32. The summed E-state index contributed by atoms with van der Waals surface area (Å²) in [6.45, 7) is 3.04. The van der Waals surface area contributed by atoms with Crippen LogP contribution < -0.4 is 26.0 Å². The van der Waals surface area contributed by atoms with Gasteiger partial charge in [-0.2, -0.15) is 0 Å². The molecule has 32 heavy (non-hydrogen) atoms. The molecule has 170 valence electrons. The van der Waals surface area contributed by atoms with Crippen LogP contribution in [-0.2, 0) is 11.3 Å². The van der Waals surface area contributed by atoms with Crippen molar-refractivity contribution in [1.29, 1.82) is 0 Å². The SMILES string of the molecule is CCOC(=O)N1CCC(NC(=O)c2c[nH]c(=O)n(Cc3ccc4c(c3)OCO4)c2=O)CC1. The predicted octanol–water partition coefficient (Wildman–Crippen LogP) is 0.664. The number of piperidine rings is 1. The number of likely N-dealkylation sites (tertiary alicyclic amines) is 1. The van der Waals surface area contributed by atoms with Crippen LogP contribution in [0.5, 0.6) is 11.5 Å². The van der Waals surface area contributed by atoms with Crippen LogP contribution >= 0.6 is 0 Å². The maximum atomic E-state index is 12.9. The topological polar surface area (TPSA) is 132 Å². The Balaban J connectivity index is 1.44. The van der Waals surface area contributed by atoms with Gasteiger partial charge in [0.15, 0.2) is 11.5 Å². The molecule has 0 aliphatic carbocycles. The summed E-state index contributed by atoms with van der Waals surface area (Å²) < 4.78 is 16.5. The van der Waals surface area contributed by atoms with E-state index in [2.05, 4.69) is 10.3 Å². The Morgan fingerprint density at radius 3 is 2.69 bits per heavy atom. The molecule has 11 nitrogen and oxygen atoms in total. The smallest absolute Gasteiger partial charge is 0.409 e. The fourth-order valence-electron chi connectivity index (χ4n) is 3.72. The van der Waals surface area contributed by atoms with E-state index in [1.165, 1.54) is 0 Å². The highest BCUT2D eigenvalue weighted by molar-refractivity contribution is 5.93. The first kappa shape index (κ1) is 21.5. The highest BCUT2D eigenvalue weighted by Gasteiger charge is 2.26. The number of hydrogen-bond donors (Lipinski definition) is 2. The molecule has 0 bridgehead atoms. The summed E-state index contributed by atoms with van der Waals surface area (Å²) in [5.41, 5.74) is -0.802. The van der Waals surface area contributed by atoms with Crippen LogP contribution in [0.3, 0.4) is 0 Å². The minimum Gasteiger partial charge on any atom is -0.454 e. The number of nitrogens with zero attached hydrogens (tertiary/aromatic N) is 2. The van der Waals surface area contributed by atoms with E-state index in [0.29, 0.717) is 49.6 Å². The van der Waals surface area contributed by atoms with Crippen molar-refractivity contribution in [3.05, 3.63) is 56.4 Å². The number of amides is 2. The average Bonchev–Trinajstić information content (AvgIpc) is 3.25. The number of benzene rings is 1. The molecule has 1 aromatic heterocycles. The Kier molecular flexibility index (Phi) is 6.15. The summed E-state index contributed by atoms with van der Waals surface area (Å²) in [5, 5.41) is 2.82. The Morgan fingerprint density at radius 2 is 1.94 bits per heavy atom. The monoisotopic (exact) mass is 444 g/mol. The van der Waals surface area contributed by atoms with Gasteiger partial charge in [-0.05, 0) is 37.5 Å². The van der Waals surface area contributed by atoms with Gasteiger partial charge >= 0.3 is 11.8 Å². The van der Waals surface area contributed by atoms with Crippen LogP contribution in [0.15, 0.2) is 34.0 Å². The first-order chi connectivity index (χ1) is 15.5. The zero-order valence-electron chi connectivity index (χ0n) is 17.6. The van der Waals surface area contributed by atoms with Gasteiger partial charge in [-0.25, -0.2) is 9.59 Å². The quantitative estimate of drug-likeness (QED) is 0.693. The first-order valence-corrected chi connectivity index (χ1v) is 10.4. The van der Waals surface area contributed by atoms with Gasteiger partial charge in [0.25, 0.3) is 11.5 Å². The standard InChI is InChI=1S/C21H24N4O7/c1-2-30-21(29)24-7-5-14(6-8-24)23-18(26)15-10-22-20(28)25(19(15)27)11-13-3-4-16-17(9-13)32-12-31-16/h3-4,9-10,14H,2,5-8,11-12H2,1H3,(H,22,28)(H,23,26). The summed E-state index contributed by atoms with van der Waals surface area (Å²) in [5.74, 6) is 0.562. The lowest BCUT2D eigenvalue weighted by Crippen LogP contribution is -2.48. The van der Waals surface area contributed by atoms with E-state index in [-0.39, 0.29) is 31.0 Å². The van der Waals surface area contributed by atoms with E-state index in [4.69, 9.17) is 14.2 Å². The largest absolute Gasteiger partial charge is 0.454 e. The number of hydrogen-bond acceptors (Lipinski definition) is 7. The number of H-pyrrole nitrogens is 1. The van der Waals surface area contributed by atoms with Crippen molar-refractivity contribution in [2.45, 2.75) is 32.4 Å². The maximum absolute atomic E-state index is 12.9. The van der Waals surface area contributed by atoms with Crippen molar-refractivity contribution < 1.29 is 23.8 Å². The summed E-state index contributed by atoms with van der Waals surface area (Å²) in [6, 6.07) is 4.93. The van der Waals surface area contributed by atoms with Crippen LogP contribution in [0.25, 0.3) is 0 Å². The van der Waals surface area contributed by atoms with Crippen molar-refractivity contribution in [2.24, 2.45) is 0 Å². The minimum atomic E-state index is -0.687. The molecule has 0 unspecified atom stereocenters. The molecule has 0 atom stereocenters. The Morgan fingerprint density at radius 1 is 1.19 bits per heavy atom. The number of rotatable bonds is 5. The molecular formula is C21H24N4O7. The number of carbonyl (C=O) groups excluding carboxylic acids is 2. The molecule has 2 aromatic rings. The molecule has 2 aliphatic heterocycles. The van der Waals surface area contributed by atoms with Crippen LogP contribution in [0, 0.1) is 0 Å². The second kappa shape index (κ2) is 9.16. The third-order valence-corrected chi connectivity index (χ3v) is 5.44. The molecule has 2 amide bonds. The number of carbonyl (C=O) groups is 2. The number of aromatic amines is 1. The number of ether oxygens (including phenoxy) is 3. The molecule has 11 heteroatoms. The lowest BCUT2D eigenvalue weighted by Gasteiger charge is -2.31. The third-order valence-electron chi connectivity index (χ3n) is 5.44. The van der Waals surface area contributed by atoms with Gasteiger partial charge in [0.2, 0.25) is 6.79 Å². The number of nitrogens with one attached hydrogen (secondary N) is 2. The molecule has 1 aromatic carbocycles. The average molecular weight is 444 g/mol. The molecule has 0 radical (unpaired) electrons. The van der Waals surface area contributed by atoms with Crippen molar-refractivity contribution >= 4 is 12.0 Å². The second-order valence-electron chi connectivity index (χ2n) is 7.52. The zero-order chi connectivity index (χ0) is 22.7. The fourth-order valence-corrected chi connectivity index (χ4v) is 3.72. The van der Waals surface area contributed by atoms with Crippen LogP contribution in [-0.4, -0.2) is 59.0 Å². The van der Waals surface area contributed by atoms with E-state index in [9.17, 15) is 19.2 Å². The lowest BCUT2D eigenvalue weighted by atomic mass is 10.1. The van der Waals surface area contributed by atoms with Gasteiger partial charge < -0.3 is 29.4 Å². The van der Waals surface area contributed by atoms with Crippen molar-refractivity contribution in [3.8, 4) is 11.5 Å². The molecular weight excluding hydrogens is 420 g/mol. The molecule has 3 heterocycles. The van der Waals surface area contributed by atoms with E-state index in [1.54, 1.807) is 30.0 Å². The van der Waals surface area contributed by atoms with Gasteiger partial charge in [0, 0.05) is 25.3 Å². The first-order valence-electron chi connectivity index (χ1n) is 10.4. The van der Waals surface area contributed by atoms with E-state index in [1.807, 2.05) is 0 Å². The van der Waals surface area contributed by atoms with Crippen molar-refractivity contribution in [1.82, 2.24) is 19.8 Å². The zero-order valence-corrected chi connectivity index (χ0v) is 17.6. The van der Waals surface area contributed by atoms with Gasteiger partial charge in [-0.15, -0.1) is 0 Å². The Hall–Kier alpha value is -3.76. The maximum Gasteiger partial charge on any atom is 0.409 e. The van der Waals surface area contributed by atoms with Gasteiger partial charge in [-0.1, -0.05) is 6.07 Å².